The van der Waals surface area contributed by atoms with Crippen molar-refractivity contribution in [2.24, 2.45) is 11.7 Å². The predicted octanol–water partition coefficient (Wildman–Crippen LogP) is 3.63. The lowest BCUT2D eigenvalue weighted by Crippen LogP contribution is -2.30. The molecule has 1 fully saturated rings. The maximum Gasteiger partial charge on any atom is 0.122 e. The van der Waals surface area contributed by atoms with Crippen LogP contribution in [0.5, 0.6) is 5.75 Å². The summed E-state index contributed by atoms with van der Waals surface area (Å²) >= 11 is 0. The van der Waals surface area contributed by atoms with Gasteiger partial charge in [-0.05, 0) is 62.3 Å². The highest BCUT2D eigenvalue weighted by Crippen LogP contribution is 2.31. The minimum absolute atomic E-state index is 0.110. The van der Waals surface area contributed by atoms with Gasteiger partial charge in [0.05, 0.1) is 0 Å². The Morgan fingerprint density at radius 2 is 2.11 bits per heavy atom. The van der Waals surface area contributed by atoms with Crippen LogP contribution in [0.4, 0.5) is 0 Å². The molecular formula is C16H24N2O. The number of aryl methyl sites for hydroxylation is 1. The highest BCUT2D eigenvalue weighted by molar-refractivity contribution is 5.95. The topological polar surface area (TPSA) is 59.1 Å². The van der Waals surface area contributed by atoms with Gasteiger partial charge in [0.15, 0.2) is 0 Å². The standard InChI is InChI=1S/C16H24N2O/c1-3-12-6-4-5-7-15(12)19-14-9-8-13(16(17)18)10-11(14)2/h8-10,12,15H,3-7H2,1-2H3,(H3,17,18). The fraction of sp³-hybridized carbons (Fsp3) is 0.562. The molecule has 3 heteroatoms. The van der Waals surface area contributed by atoms with E-state index in [0.717, 1.165) is 23.3 Å². The molecule has 0 aliphatic heterocycles. The van der Waals surface area contributed by atoms with E-state index < -0.39 is 0 Å². The highest BCUT2D eigenvalue weighted by Gasteiger charge is 2.25. The highest BCUT2D eigenvalue weighted by atomic mass is 16.5. The zero-order valence-electron chi connectivity index (χ0n) is 11.9. The van der Waals surface area contributed by atoms with Crippen molar-refractivity contribution in [1.29, 1.82) is 5.41 Å². The molecule has 0 aromatic heterocycles. The summed E-state index contributed by atoms with van der Waals surface area (Å²) in [5.41, 5.74) is 7.33. The summed E-state index contributed by atoms with van der Waals surface area (Å²) in [5, 5.41) is 7.45. The van der Waals surface area contributed by atoms with Crippen molar-refractivity contribution in [1.82, 2.24) is 0 Å². The maximum absolute atomic E-state index is 7.45. The van der Waals surface area contributed by atoms with E-state index >= 15 is 0 Å². The van der Waals surface area contributed by atoms with Crippen LogP contribution in [0.2, 0.25) is 0 Å². The summed E-state index contributed by atoms with van der Waals surface area (Å²) in [6.07, 6.45) is 6.58. The molecule has 2 unspecified atom stereocenters. The summed E-state index contributed by atoms with van der Waals surface area (Å²) in [4.78, 5) is 0. The molecule has 104 valence electrons. The first-order valence-corrected chi connectivity index (χ1v) is 7.23. The second-order valence-corrected chi connectivity index (χ2v) is 5.50. The Balaban J connectivity index is 2.11. The Labute approximate surface area is 115 Å². The van der Waals surface area contributed by atoms with E-state index in [1.54, 1.807) is 0 Å². The van der Waals surface area contributed by atoms with Crippen LogP contribution in [0.15, 0.2) is 18.2 Å². The quantitative estimate of drug-likeness (QED) is 0.641. The van der Waals surface area contributed by atoms with Crippen LogP contribution in [0.1, 0.15) is 50.2 Å². The molecule has 2 atom stereocenters. The molecule has 1 aliphatic carbocycles. The predicted molar refractivity (Wildman–Crippen MR) is 78.9 cm³/mol. The zero-order chi connectivity index (χ0) is 13.8. The number of hydrogen-bond donors (Lipinski definition) is 2. The molecule has 0 heterocycles. The van der Waals surface area contributed by atoms with Gasteiger partial charge in [-0.15, -0.1) is 0 Å². The van der Waals surface area contributed by atoms with Gasteiger partial charge in [0.2, 0.25) is 0 Å². The van der Waals surface area contributed by atoms with E-state index in [1.807, 2.05) is 25.1 Å². The smallest absolute Gasteiger partial charge is 0.122 e. The van der Waals surface area contributed by atoms with Crippen molar-refractivity contribution in [3.05, 3.63) is 29.3 Å². The molecule has 19 heavy (non-hydrogen) atoms. The van der Waals surface area contributed by atoms with Crippen molar-refractivity contribution >= 4 is 5.84 Å². The number of ether oxygens (including phenoxy) is 1. The van der Waals surface area contributed by atoms with Gasteiger partial charge in [-0.1, -0.05) is 13.3 Å². The van der Waals surface area contributed by atoms with E-state index in [-0.39, 0.29) is 5.84 Å². The SMILES string of the molecule is CCC1CCCCC1Oc1ccc(C(=N)N)cc1C. The third-order valence-electron chi connectivity index (χ3n) is 4.13. The summed E-state index contributed by atoms with van der Waals surface area (Å²) in [6, 6.07) is 5.75. The first kappa shape index (κ1) is 13.9. The fourth-order valence-corrected chi connectivity index (χ4v) is 2.91. The van der Waals surface area contributed by atoms with E-state index in [9.17, 15) is 0 Å². The first-order chi connectivity index (χ1) is 9.11. The Morgan fingerprint density at radius 1 is 1.37 bits per heavy atom. The molecule has 1 saturated carbocycles. The molecule has 3 nitrogen and oxygen atoms in total. The molecule has 1 aliphatic rings. The van der Waals surface area contributed by atoms with Gasteiger partial charge in [0.25, 0.3) is 0 Å². The summed E-state index contributed by atoms with van der Waals surface area (Å²) < 4.78 is 6.21. The second-order valence-electron chi connectivity index (χ2n) is 5.50. The average Bonchev–Trinajstić information content (AvgIpc) is 2.41. The van der Waals surface area contributed by atoms with Crippen molar-refractivity contribution in [2.75, 3.05) is 0 Å². The number of nitrogens with one attached hydrogen (secondary N) is 1. The lowest BCUT2D eigenvalue weighted by Gasteiger charge is -2.31. The van der Waals surface area contributed by atoms with Crippen LogP contribution in [0, 0.1) is 18.3 Å². The van der Waals surface area contributed by atoms with E-state index in [4.69, 9.17) is 15.9 Å². The molecule has 2 rings (SSSR count). The van der Waals surface area contributed by atoms with Crippen LogP contribution in [0.3, 0.4) is 0 Å². The molecule has 1 aromatic carbocycles. The van der Waals surface area contributed by atoms with Gasteiger partial charge in [-0.3, -0.25) is 5.41 Å². The molecule has 3 N–H and O–H groups in total. The van der Waals surface area contributed by atoms with Crippen molar-refractivity contribution in [3.63, 3.8) is 0 Å². The van der Waals surface area contributed by atoms with Crippen LogP contribution in [-0.4, -0.2) is 11.9 Å². The largest absolute Gasteiger partial charge is 0.490 e. The Kier molecular flexibility index (Phi) is 4.46. The van der Waals surface area contributed by atoms with Gasteiger partial charge >= 0.3 is 0 Å². The van der Waals surface area contributed by atoms with E-state index in [2.05, 4.69) is 6.92 Å². The van der Waals surface area contributed by atoms with Crippen LogP contribution in [-0.2, 0) is 0 Å². The van der Waals surface area contributed by atoms with Gasteiger partial charge in [-0.25, -0.2) is 0 Å². The molecule has 0 saturated heterocycles. The third-order valence-corrected chi connectivity index (χ3v) is 4.13. The molecule has 0 radical (unpaired) electrons. The Morgan fingerprint density at radius 3 is 2.74 bits per heavy atom. The number of nitrogen functional groups attached to an aromatic ring is 1. The maximum atomic E-state index is 7.45. The van der Waals surface area contributed by atoms with Gasteiger partial charge in [0.1, 0.15) is 17.7 Å². The van der Waals surface area contributed by atoms with Crippen LogP contribution >= 0.6 is 0 Å². The summed E-state index contributed by atoms with van der Waals surface area (Å²) in [7, 11) is 0. The zero-order valence-corrected chi connectivity index (χ0v) is 11.9. The summed E-state index contributed by atoms with van der Waals surface area (Å²) in [6.45, 7) is 4.27. The van der Waals surface area contributed by atoms with E-state index in [1.165, 1.54) is 25.7 Å². The number of amidine groups is 1. The lowest BCUT2D eigenvalue weighted by molar-refractivity contribution is 0.0897. The first-order valence-electron chi connectivity index (χ1n) is 7.23. The van der Waals surface area contributed by atoms with E-state index in [0.29, 0.717) is 12.0 Å². The second kappa shape index (κ2) is 6.09. The number of rotatable bonds is 4. The van der Waals surface area contributed by atoms with Crippen LogP contribution < -0.4 is 10.5 Å². The molecule has 1 aromatic rings. The Hall–Kier alpha value is -1.51. The van der Waals surface area contributed by atoms with Gasteiger partial charge < -0.3 is 10.5 Å². The normalized spacial score (nSPS) is 23.1. The Bertz CT molecular complexity index is 456. The number of hydrogen-bond acceptors (Lipinski definition) is 2. The minimum Gasteiger partial charge on any atom is -0.490 e. The molecular weight excluding hydrogens is 236 g/mol. The van der Waals surface area contributed by atoms with Crippen molar-refractivity contribution in [2.45, 2.75) is 52.1 Å². The fourth-order valence-electron chi connectivity index (χ4n) is 2.91. The monoisotopic (exact) mass is 260 g/mol. The van der Waals surface area contributed by atoms with Crippen molar-refractivity contribution in [3.8, 4) is 5.75 Å². The van der Waals surface area contributed by atoms with Crippen LogP contribution in [0.25, 0.3) is 0 Å². The molecule has 0 bridgehead atoms. The molecule has 0 spiro atoms. The summed E-state index contributed by atoms with van der Waals surface area (Å²) in [5.74, 6) is 1.73. The lowest BCUT2D eigenvalue weighted by atomic mass is 9.84. The minimum atomic E-state index is 0.110. The van der Waals surface area contributed by atoms with Crippen molar-refractivity contribution < 1.29 is 4.74 Å². The third kappa shape index (κ3) is 3.28. The molecule has 0 amide bonds. The average molecular weight is 260 g/mol. The van der Waals surface area contributed by atoms with Gasteiger partial charge in [-0.2, -0.15) is 0 Å². The van der Waals surface area contributed by atoms with Gasteiger partial charge in [0, 0.05) is 5.56 Å². The number of benzene rings is 1. The number of nitrogens with two attached hydrogens (primary N) is 1.